The highest BCUT2D eigenvalue weighted by Gasteiger charge is 2.18. The lowest BCUT2D eigenvalue weighted by Crippen LogP contribution is -2.06. The van der Waals surface area contributed by atoms with Crippen molar-refractivity contribution in [1.29, 1.82) is 0 Å². The van der Waals surface area contributed by atoms with Crippen LogP contribution in [0.25, 0.3) is 28.2 Å². The fourth-order valence-corrected chi connectivity index (χ4v) is 3.13. The van der Waals surface area contributed by atoms with Gasteiger partial charge < -0.3 is 11.1 Å². The van der Waals surface area contributed by atoms with Crippen molar-refractivity contribution in [3.05, 3.63) is 66.1 Å². The molecule has 0 radical (unpaired) electrons. The molecule has 2 heterocycles. The van der Waals surface area contributed by atoms with E-state index in [-0.39, 0.29) is 17.5 Å². The molecule has 4 aromatic rings. The highest BCUT2D eigenvalue weighted by molar-refractivity contribution is 5.89. The maximum atomic E-state index is 14.0. The second kappa shape index (κ2) is 7.70. The second-order valence-corrected chi connectivity index (χ2v) is 6.72. The number of carbonyl (C=O) groups excluding carboxylic acids is 1. The van der Waals surface area contributed by atoms with Crippen molar-refractivity contribution >= 4 is 17.4 Å². The molecule has 2 aromatic heterocycles. The molecular formula is C21H18FN7O. The van der Waals surface area contributed by atoms with Crippen molar-refractivity contribution in [3.63, 3.8) is 0 Å². The molecule has 0 saturated heterocycles. The van der Waals surface area contributed by atoms with Crippen LogP contribution in [0.3, 0.4) is 0 Å². The molecule has 0 atom stereocenters. The Labute approximate surface area is 171 Å². The predicted molar refractivity (Wildman–Crippen MR) is 111 cm³/mol. The maximum Gasteiger partial charge on any atom is 0.221 e. The largest absolute Gasteiger partial charge is 0.383 e. The zero-order valence-electron chi connectivity index (χ0n) is 16.3. The van der Waals surface area contributed by atoms with Gasteiger partial charge in [0.05, 0.1) is 11.3 Å². The van der Waals surface area contributed by atoms with E-state index in [9.17, 15) is 9.18 Å². The number of nitrogen functional groups attached to an aromatic ring is 1. The molecule has 8 nitrogen and oxygen atoms in total. The van der Waals surface area contributed by atoms with E-state index in [2.05, 4.69) is 25.8 Å². The molecular weight excluding hydrogens is 385 g/mol. The van der Waals surface area contributed by atoms with Crippen molar-refractivity contribution in [3.8, 4) is 28.2 Å². The minimum Gasteiger partial charge on any atom is -0.383 e. The van der Waals surface area contributed by atoms with E-state index < -0.39 is 0 Å². The van der Waals surface area contributed by atoms with Crippen molar-refractivity contribution in [2.75, 3.05) is 11.1 Å². The molecule has 3 N–H and O–H groups in total. The Morgan fingerprint density at radius 2 is 1.93 bits per heavy atom. The highest BCUT2D eigenvalue weighted by Crippen LogP contribution is 2.31. The first-order valence-electron chi connectivity index (χ1n) is 9.12. The van der Waals surface area contributed by atoms with Crippen LogP contribution in [0.2, 0.25) is 0 Å². The molecule has 0 fully saturated rings. The van der Waals surface area contributed by atoms with Crippen LogP contribution in [0.4, 0.5) is 15.9 Å². The number of nitrogens with zero attached hydrogens (tertiary/aromatic N) is 5. The lowest BCUT2D eigenvalue weighted by molar-refractivity contribution is -0.114. The number of pyridine rings is 1. The van der Waals surface area contributed by atoms with E-state index >= 15 is 0 Å². The first kappa shape index (κ1) is 19.2. The van der Waals surface area contributed by atoms with Crippen LogP contribution in [-0.2, 0) is 4.79 Å². The number of nitrogens with two attached hydrogens (primary N) is 1. The lowest BCUT2D eigenvalue weighted by Gasteiger charge is -2.11. The molecule has 30 heavy (non-hydrogen) atoms. The lowest BCUT2D eigenvalue weighted by atomic mass is 10.0. The molecule has 0 saturated carbocycles. The predicted octanol–water partition coefficient (Wildman–Crippen LogP) is 3.38. The van der Waals surface area contributed by atoms with E-state index in [1.165, 1.54) is 17.7 Å². The SMILES string of the molecule is CC(=O)Nc1cccc(-c2cnc(N)c(-c3nnnn3-c3cccc(F)c3C)c2)c1. The number of halogens is 1. The van der Waals surface area contributed by atoms with Crippen LogP contribution >= 0.6 is 0 Å². The zero-order valence-corrected chi connectivity index (χ0v) is 16.3. The number of anilines is 2. The summed E-state index contributed by atoms with van der Waals surface area (Å²) in [7, 11) is 0. The molecule has 0 spiro atoms. The standard InChI is InChI=1S/C21H18FN7O/c1-12-18(22)7-4-8-19(12)29-21(26-27-28-29)17-10-15(11-24-20(17)23)14-5-3-6-16(9-14)25-13(2)30/h3-11H,1-2H3,(H2,23,24)(H,25,30). The summed E-state index contributed by atoms with van der Waals surface area (Å²) in [6, 6.07) is 13.9. The van der Waals surface area contributed by atoms with E-state index in [1.54, 1.807) is 31.3 Å². The second-order valence-electron chi connectivity index (χ2n) is 6.72. The Hall–Kier alpha value is -4.14. The van der Waals surface area contributed by atoms with Crippen molar-refractivity contribution in [2.45, 2.75) is 13.8 Å². The van der Waals surface area contributed by atoms with E-state index in [0.29, 0.717) is 28.3 Å². The van der Waals surface area contributed by atoms with Crippen molar-refractivity contribution in [1.82, 2.24) is 25.2 Å². The quantitative estimate of drug-likeness (QED) is 0.540. The number of tetrazole rings is 1. The molecule has 0 bridgehead atoms. The van der Waals surface area contributed by atoms with E-state index in [0.717, 1.165) is 11.1 Å². The topological polar surface area (TPSA) is 112 Å². The van der Waals surface area contributed by atoms with Gasteiger partial charge in [0.1, 0.15) is 11.6 Å². The highest BCUT2D eigenvalue weighted by atomic mass is 19.1. The van der Waals surface area contributed by atoms with E-state index in [4.69, 9.17) is 5.73 Å². The Morgan fingerprint density at radius 3 is 2.73 bits per heavy atom. The minimum absolute atomic E-state index is 0.159. The Kier molecular flexibility index (Phi) is 4.93. The summed E-state index contributed by atoms with van der Waals surface area (Å²) in [5.41, 5.74) is 9.80. The van der Waals surface area contributed by atoms with Gasteiger partial charge in [-0.05, 0) is 53.2 Å². The number of hydrogen-bond donors (Lipinski definition) is 2. The van der Waals surface area contributed by atoms with Gasteiger partial charge in [-0.3, -0.25) is 4.79 Å². The van der Waals surface area contributed by atoms with Crippen molar-refractivity contribution in [2.24, 2.45) is 0 Å². The molecule has 1 amide bonds. The Bertz CT molecular complexity index is 1250. The number of hydrogen-bond acceptors (Lipinski definition) is 6. The molecule has 0 aliphatic heterocycles. The summed E-state index contributed by atoms with van der Waals surface area (Å²) < 4.78 is 15.5. The summed E-state index contributed by atoms with van der Waals surface area (Å²) in [6.07, 6.45) is 1.63. The third-order valence-corrected chi connectivity index (χ3v) is 4.61. The van der Waals surface area contributed by atoms with Crippen LogP contribution in [0, 0.1) is 12.7 Å². The molecule has 150 valence electrons. The van der Waals surface area contributed by atoms with Crippen molar-refractivity contribution < 1.29 is 9.18 Å². The van der Waals surface area contributed by atoms with Gasteiger partial charge >= 0.3 is 0 Å². The van der Waals surface area contributed by atoms with Crippen LogP contribution in [0.5, 0.6) is 0 Å². The van der Waals surface area contributed by atoms with Crippen LogP contribution in [0.15, 0.2) is 54.7 Å². The fourth-order valence-electron chi connectivity index (χ4n) is 3.13. The molecule has 9 heteroatoms. The monoisotopic (exact) mass is 403 g/mol. The van der Waals surface area contributed by atoms with Gasteiger partial charge in [0.25, 0.3) is 0 Å². The normalized spacial score (nSPS) is 10.8. The summed E-state index contributed by atoms with van der Waals surface area (Å²) in [5, 5.41) is 14.6. The smallest absolute Gasteiger partial charge is 0.221 e. The van der Waals surface area contributed by atoms with Gasteiger partial charge in [-0.25, -0.2) is 9.37 Å². The summed E-state index contributed by atoms with van der Waals surface area (Å²) in [6.45, 7) is 3.10. The van der Waals surface area contributed by atoms with Gasteiger partial charge in [-0.15, -0.1) is 5.10 Å². The number of nitrogens with one attached hydrogen (secondary N) is 1. The number of rotatable bonds is 4. The van der Waals surface area contributed by atoms with Crippen LogP contribution in [0.1, 0.15) is 12.5 Å². The number of carbonyl (C=O) groups is 1. The van der Waals surface area contributed by atoms with Gasteiger partial charge in [-0.2, -0.15) is 4.68 Å². The first-order chi connectivity index (χ1) is 14.4. The molecule has 2 aromatic carbocycles. The minimum atomic E-state index is -0.358. The Balaban J connectivity index is 1.81. The van der Waals surface area contributed by atoms with Crippen LogP contribution < -0.4 is 11.1 Å². The number of benzene rings is 2. The zero-order chi connectivity index (χ0) is 21.3. The molecule has 0 unspecified atom stereocenters. The molecule has 0 aliphatic carbocycles. The van der Waals surface area contributed by atoms with Gasteiger partial charge in [0, 0.05) is 29.9 Å². The first-order valence-corrected chi connectivity index (χ1v) is 9.12. The van der Waals surface area contributed by atoms with Gasteiger partial charge in [0.2, 0.25) is 5.91 Å². The fraction of sp³-hybridized carbons (Fsp3) is 0.0952. The maximum absolute atomic E-state index is 14.0. The van der Waals surface area contributed by atoms with Gasteiger partial charge in [-0.1, -0.05) is 18.2 Å². The summed E-state index contributed by atoms with van der Waals surface area (Å²) in [5.74, 6) is 0.0620. The third kappa shape index (κ3) is 3.60. The number of aromatic nitrogens is 5. The summed E-state index contributed by atoms with van der Waals surface area (Å²) in [4.78, 5) is 15.6. The Morgan fingerprint density at radius 1 is 1.13 bits per heavy atom. The average molecular weight is 403 g/mol. The molecule has 4 rings (SSSR count). The van der Waals surface area contributed by atoms with Gasteiger partial charge in [0.15, 0.2) is 5.82 Å². The number of amides is 1. The van der Waals surface area contributed by atoms with Crippen LogP contribution in [-0.4, -0.2) is 31.1 Å². The summed E-state index contributed by atoms with van der Waals surface area (Å²) >= 11 is 0. The average Bonchev–Trinajstić information content (AvgIpc) is 3.19. The molecule has 0 aliphatic rings. The third-order valence-electron chi connectivity index (χ3n) is 4.61. The van der Waals surface area contributed by atoms with E-state index in [1.807, 2.05) is 24.3 Å².